The number of methoxy groups -OCH3 is 1. The van der Waals surface area contributed by atoms with E-state index in [1.165, 1.54) is 12.5 Å². The Morgan fingerprint density at radius 1 is 1.22 bits per heavy atom. The van der Waals surface area contributed by atoms with Crippen LogP contribution in [0.1, 0.15) is 10.4 Å². The van der Waals surface area contributed by atoms with Gasteiger partial charge in [-0.25, -0.2) is 9.97 Å². The van der Waals surface area contributed by atoms with E-state index in [1.807, 2.05) is 0 Å². The van der Waals surface area contributed by atoms with Crippen LogP contribution in [0.25, 0.3) is 0 Å². The largest absolute Gasteiger partial charge is 0.495 e. The van der Waals surface area contributed by atoms with Crippen LogP contribution in [-0.2, 0) is 0 Å². The van der Waals surface area contributed by atoms with Crippen molar-refractivity contribution in [2.75, 3.05) is 23.6 Å². The zero-order valence-corrected chi connectivity index (χ0v) is 15.0. The van der Waals surface area contributed by atoms with Crippen molar-refractivity contribution in [3.63, 3.8) is 0 Å². The molecule has 1 aromatic carbocycles. The monoisotopic (exact) mass is 385 g/mol. The molecule has 3 rings (SSSR count). The van der Waals surface area contributed by atoms with E-state index >= 15 is 0 Å². The zero-order chi connectivity index (χ0) is 19.2. The van der Waals surface area contributed by atoms with Crippen LogP contribution in [0.3, 0.4) is 0 Å². The Hall–Kier alpha value is -3.59. The first kappa shape index (κ1) is 18.2. The third-order valence-corrected chi connectivity index (χ3v) is 3.75. The SMILES string of the molecule is COc1ccc(Cl)cc1Nc1ncnc(NNC(=O)c2cccnc2)c1N. The van der Waals surface area contributed by atoms with E-state index in [9.17, 15) is 4.79 Å². The minimum atomic E-state index is -0.382. The molecule has 9 nitrogen and oxygen atoms in total. The lowest BCUT2D eigenvalue weighted by atomic mass is 10.3. The number of nitrogens with two attached hydrogens (primary N) is 1. The molecule has 0 aliphatic rings. The first-order valence-corrected chi connectivity index (χ1v) is 8.13. The molecule has 1 amide bonds. The molecule has 2 aromatic heterocycles. The number of hydrogen-bond acceptors (Lipinski definition) is 8. The number of pyridine rings is 1. The molecule has 0 atom stereocenters. The molecule has 10 heteroatoms. The number of benzene rings is 1. The van der Waals surface area contributed by atoms with Crippen LogP contribution in [0.5, 0.6) is 5.75 Å². The summed E-state index contributed by atoms with van der Waals surface area (Å²) in [6.45, 7) is 0. The number of aromatic nitrogens is 3. The minimum Gasteiger partial charge on any atom is -0.495 e. The second kappa shape index (κ2) is 8.19. The van der Waals surface area contributed by atoms with Crippen molar-refractivity contribution in [1.29, 1.82) is 0 Å². The quantitative estimate of drug-likeness (QED) is 0.477. The van der Waals surface area contributed by atoms with Gasteiger partial charge in [0, 0.05) is 17.4 Å². The number of anilines is 4. The summed E-state index contributed by atoms with van der Waals surface area (Å²) in [7, 11) is 1.54. The summed E-state index contributed by atoms with van der Waals surface area (Å²) >= 11 is 6.03. The van der Waals surface area contributed by atoms with Crippen LogP contribution in [0.15, 0.2) is 49.1 Å². The van der Waals surface area contributed by atoms with Crippen LogP contribution in [0.2, 0.25) is 5.02 Å². The topological polar surface area (TPSA) is 127 Å². The van der Waals surface area contributed by atoms with Gasteiger partial charge in [0.2, 0.25) is 0 Å². The maximum atomic E-state index is 12.1. The Kier molecular flexibility index (Phi) is 5.53. The first-order chi connectivity index (χ1) is 13.1. The van der Waals surface area contributed by atoms with Gasteiger partial charge in [-0.05, 0) is 30.3 Å². The van der Waals surface area contributed by atoms with Gasteiger partial charge in [0.25, 0.3) is 5.91 Å². The number of ether oxygens (including phenoxy) is 1. The molecule has 0 spiro atoms. The maximum Gasteiger partial charge on any atom is 0.271 e. The highest BCUT2D eigenvalue weighted by atomic mass is 35.5. The molecule has 138 valence electrons. The van der Waals surface area contributed by atoms with Gasteiger partial charge in [0.15, 0.2) is 11.6 Å². The van der Waals surface area contributed by atoms with Crippen molar-refractivity contribution in [3.8, 4) is 5.75 Å². The number of nitrogens with zero attached hydrogens (tertiary/aromatic N) is 3. The van der Waals surface area contributed by atoms with Crippen molar-refractivity contribution in [3.05, 3.63) is 59.6 Å². The molecular weight excluding hydrogens is 370 g/mol. The minimum absolute atomic E-state index is 0.200. The number of amides is 1. The predicted octanol–water partition coefficient (Wildman–Crippen LogP) is 2.62. The first-order valence-electron chi connectivity index (χ1n) is 7.76. The number of hydrogen-bond donors (Lipinski definition) is 4. The van der Waals surface area contributed by atoms with Gasteiger partial charge in [0.05, 0.1) is 18.4 Å². The van der Waals surface area contributed by atoms with Gasteiger partial charge in [-0.1, -0.05) is 11.6 Å². The van der Waals surface area contributed by atoms with E-state index < -0.39 is 0 Å². The van der Waals surface area contributed by atoms with Crippen LogP contribution < -0.4 is 26.6 Å². The highest BCUT2D eigenvalue weighted by Crippen LogP contribution is 2.32. The zero-order valence-electron chi connectivity index (χ0n) is 14.2. The molecule has 2 heterocycles. The van der Waals surface area contributed by atoms with E-state index in [0.29, 0.717) is 27.8 Å². The van der Waals surface area contributed by atoms with Gasteiger partial charge in [-0.3, -0.25) is 20.6 Å². The standard InChI is InChI=1S/C17H16ClN7O2/c1-27-13-5-4-11(18)7-12(13)23-15-14(19)16(22-9-21-15)24-25-17(26)10-3-2-6-20-8-10/h2-9H,19H2,1H3,(H,25,26)(H2,21,22,23,24). The highest BCUT2D eigenvalue weighted by Gasteiger charge is 2.12. The van der Waals surface area contributed by atoms with Crippen molar-refractivity contribution in [1.82, 2.24) is 20.4 Å². The number of hydrazine groups is 1. The van der Waals surface area contributed by atoms with E-state index in [2.05, 4.69) is 31.1 Å². The normalized spacial score (nSPS) is 10.1. The van der Waals surface area contributed by atoms with E-state index in [4.69, 9.17) is 22.1 Å². The van der Waals surface area contributed by atoms with Gasteiger partial charge in [-0.2, -0.15) is 0 Å². The fraction of sp³-hybridized carbons (Fsp3) is 0.0588. The summed E-state index contributed by atoms with van der Waals surface area (Å²) in [5.41, 5.74) is 12.5. The molecule has 0 aliphatic carbocycles. The lowest BCUT2D eigenvalue weighted by Gasteiger charge is -2.15. The van der Waals surface area contributed by atoms with Crippen LogP contribution in [0, 0.1) is 0 Å². The second-order valence-corrected chi connectivity index (χ2v) is 5.71. The van der Waals surface area contributed by atoms with E-state index in [0.717, 1.165) is 0 Å². The fourth-order valence-corrected chi connectivity index (χ4v) is 2.36. The molecule has 0 unspecified atom stereocenters. The molecule has 5 N–H and O–H groups in total. The molecular formula is C17H16ClN7O2. The fourth-order valence-electron chi connectivity index (χ4n) is 2.19. The summed E-state index contributed by atoms with van der Waals surface area (Å²) in [6, 6.07) is 8.39. The lowest BCUT2D eigenvalue weighted by molar-refractivity contribution is 0.0962. The molecule has 0 aliphatic heterocycles. The summed E-state index contributed by atoms with van der Waals surface area (Å²) in [4.78, 5) is 24.1. The highest BCUT2D eigenvalue weighted by molar-refractivity contribution is 6.31. The van der Waals surface area contributed by atoms with Crippen LogP contribution in [0.4, 0.5) is 23.0 Å². The Labute approximate surface area is 159 Å². The number of carbonyl (C=O) groups excluding carboxylic acids is 1. The average Bonchev–Trinajstić information content (AvgIpc) is 2.69. The number of carbonyl (C=O) groups is 1. The summed E-state index contributed by atoms with van der Waals surface area (Å²) < 4.78 is 5.29. The summed E-state index contributed by atoms with van der Waals surface area (Å²) in [6.07, 6.45) is 4.32. The third-order valence-electron chi connectivity index (χ3n) is 3.52. The smallest absolute Gasteiger partial charge is 0.271 e. The Balaban J connectivity index is 1.76. The summed E-state index contributed by atoms with van der Waals surface area (Å²) in [5.74, 6) is 0.735. The third kappa shape index (κ3) is 4.33. The Bertz CT molecular complexity index is 953. The number of nitrogens with one attached hydrogen (secondary N) is 3. The van der Waals surface area contributed by atoms with Gasteiger partial charge < -0.3 is 15.8 Å². The van der Waals surface area contributed by atoms with E-state index in [-0.39, 0.29) is 17.4 Å². The Morgan fingerprint density at radius 2 is 2.04 bits per heavy atom. The van der Waals surface area contributed by atoms with Crippen molar-refractivity contribution < 1.29 is 9.53 Å². The van der Waals surface area contributed by atoms with Crippen molar-refractivity contribution in [2.24, 2.45) is 0 Å². The molecule has 0 bridgehead atoms. The molecule has 0 saturated carbocycles. The van der Waals surface area contributed by atoms with E-state index in [1.54, 1.807) is 43.6 Å². The predicted molar refractivity (Wildman–Crippen MR) is 103 cm³/mol. The molecule has 0 radical (unpaired) electrons. The van der Waals surface area contributed by atoms with Gasteiger partial charge in [-0.15, -0.1) is 0 Å². The second-order valence-electron chi connectivity index (χ2n) is 5.27. The average molecular weight is 386 g/mol. The number of nitrogen functional groups attached to an aromatic ring is 1. The molecule has 0 fully saturated rings. The molecule has 3 aromatic rings. The number of rotatable bonds is 6. The lowest BCUT2D eigenvalue weighted by Crippen LogP contribution is -2.30. The van der Waals surface area contributed by atoms with Crippen molar-refractivity contribution in [2.45, 2.75) is 0 Å². The van der Waals surface area contributed by atoms with Crippen molar-refractivity contribution >= 4 is 40.5 Å². The molecule has 0 saturated heterocycles. The van der Waals surface area contributed by atoms with Crippen LogP contribution >= 0.6 is 11.6 Å². The molecule has 27 heavy (non-hydrogen) atoms. The number of halogens is 1. The maximum absolute atomic E-state index is 12.1. The van der Waals surface area contributed by atoms with Gasteiger partial charge in [0.1, 0.15) is 17.8 Å². The Morgan fingerprint density at radius 3 is 2.78 bits per heavy atom. The van der Waals surface area contributed by atoms with Crippen LogP contribution in [-0.4, -0.2) is 28.0 Å². The van der Waals surface area contributed by atoms with Gasteiger partial charge >= 0.3 is 0 Å². The summed E-state index contributed by atoms with van der Waals surface area (Å²) in [5, 5.41) is 3.57.